The molecule has 1 fully saturated rings. The number of rotatable bonds is 3. The third kappa shape index (κ3) is 3.69. The topological polar surface area (TPSA) is 67.2 Å². The monoisotopic (exact) mass is 360 g/mol. The van der Waals surface area contributed by atoms with Gasteiger partial charge in [-0.1, -0.05) is 29.8 Å². The summed E-state index contributed by atoms with van der Waals surface area (Å²) in [5.41, 5.74) is 2.04. The number of hydrogen-bond acceptors (Lipinski definition) is 4. The van der Waals surface area contributed by atoms with Gasteiger partial charge in [0.15, 0.2) is 0 Å². The van der Waals surface area contributed by atoms with Gasteiger partial charge in [0, 0.05) is 31.7 Å². The smallest absolute Gasteiger partial charge is 0.287 e. The number of piperidine rings is 1. The molecule has 0 aliphatic carbocycles. The van der Waals surface area contributed by atoms with Crippen LogP contribution in [-0.4, -0.2) is 34.8 Å². The zero-order chi connectivity index (χ0) is 18.0. The highest BCUT2D eigenvalue weighted by Crippen LogP contribution is 2.24. The molecule has 0 unspecified atom stereocenters. The van der Waals surface area contributed by atoms with E-state index in [1.54, 1.807) is 13.2 Å². The van der Waals surface area contributed by atoms with Crippen molar-refractivity contribution in [1.29, 1.82) is 0 Å². The first-order valence-corrected chi connectivity index (χ1v) is 8.68. The number of hydrogen-bond donors (Lipinski definition) is 1. The number of anilines is 1. The van der Waals surface area contributed by atoms with Crippen LogP contribution in [-0.2, 0) is 7.05 Å². The summed E-state index contributed by atoms with van der Waals surface area (Å²) < 4.78 is 1.22. The summed E-state index contributed by atoms with van der Waals surface area (Å²) in [4.78, 5) is 26.4. The molecule has 1 N–H and O–H groups in total. The van der Waals surface area contributed by atoms with Gasteiger partial charge in [-0.3, -0.25) is 9.59 Å². The summed E-state index contributed by atoms with van der Waals surface area (Å²) in [6.45, 7) is 3.36. The first kappa shape index (κ1) is 17.5. The summed E-state index contributed by atoms with van der Waals surface area (Å²) in [5.74, 6) is -0.0372. The Morgan fingerprint density at radius 3 is 2.64 bits per heavy atom. The SMILES string of the molecule is Cc1ccccc1C(=O)NC1CCN(c2cnn(C)c(=O)c2Cl)CC1. The molecule has 7 heteroatoms. The molecule has 0 saturated carbocycles. The lowest BCUT2D eigenvalue weighted by molar-refractivity contribution is 0.0930. The van der Waals surface area contributed by atoms with Crippen molar-refractivity contribution in [2.24, 2.45) is 7.05 Å². The molecule has 3 rings (SSSR count). The van der Waals surface area contributed by atoms with Gasteiger partial charge < -0.3 is 10.2 Å². The van der Waals surface area contributed by atoms with Crippen molar-refractivity contribution in [1.82, 2.24) is 15.1 Å². The maximum atomic E-state index is 12.4. The summed E-state index contributed by atoms with van der Waals surface area (Å²) in [5, 5.41) is 7.34. The second kappa shape index (κ2) is 7.27. The van der Waals surface area contributed by atoms with Crippen molar-refractivity contribution < 1.29 is 4.79 Å². The van der Waals surface area contributed by atoms with E-state index < -0.39 is 0 Å². The van der Waals surface area contributed by atoms with Crippen LogP contribution in [0.4, 0.5) is 5.69 Å². The van der Waals surface area contributed by atoms with Gasteiger partial charge in [0.2, 0.25) is 0 Å². The van der Waals surface area contributed by atoms with Crippen LogP contribution >= 0.6 is 11.6 Å². The maximum Gasteiger partial charge on any atom is 0.287 e. The minimum absolute atomic E-state index is 0.0372. The molecule has 6 nitrogen and oxygen atoms in total. The Labute approximate surface area is 151 Å². The lowest BCUT2D eigenvalue weighted by Crippen LogP contribution is -2.45. The minimum Gasteiger partial charge on any atom is -0.369 e. The predicted octanol–water partition coefficient (Wildman–Crippen LogP) is 2.14. The van der Waals surface area contributed by atoms with Gasteiger partial charge in [-0.15, -0.1) is 0 Å². The summed E-state index contributed by atoms with van der Waals surface area (Å²) in [6.07, 6.45) is 3.21. The quantitative estimate of drug-likeness (QED) is 0.910. The van der Waals surface area contributed by atoms with Crippen LogP contribution in [0.5, 0.6) is 0 Å². The molecular weight excluding hydrogens is 340 g/mol. The highest BCUT2D eigenvalue weighted by atomic mass is 35.5. The Bertz CT molecular complexity index is 841. The Balaban J connectivity index is 1.63. The Morgan fingerprint density at radius 2 is 1.96 bits per heavy atom. The maximum absolute atomic E-state index is 12.4. The summed E-state index contributed by atoms with van der Waals surface area (Å²) in [7, 11) is 1.57. The van der Waals surface area contributed by atoms with Crippen LogP contribution in [0.2, 0.25) is 5.02 Å². The van der Waals surface area contributed by atoms with Gasteiger partial charge in [-0.25, -0.2) is 4.68 Å². The molecule has 132 valence electrons. The molecule has 1 aromatic carbocycles. The Kier molecular flexibility index (Phi) is 5.08. The van der Waals surface area contributed by atoms with Crippen LogP contribution in [0.15, 0.2) is 35.3 Å². The lowest BCUT2D eigenvalue weighted by Gasteiger charge is -2.34. The van der Waals surface area contributed by atoms with Crippen LogP contribution in [0.3, 0.4) is 0 Å². The second-order valence-electron chi connectivity index (χ2n) is 6.32. The van der Waals surface area contributed by atoms with Crippen LogP contribution in [0.25, 0.3) is 0 Å². The van der Waals surface area contributed by atoms with Crippen LogP contribution < -0.4 is 15.8 Å². The molecule has 1 aromatic heterocycles. The first-order chi connectivity index (χ1) is 12.0. The van der Waals surface area contributed by atoms with Crippen molar-refractivity contribution in [3.05, 3.63) is 57.0 Å². The van der Waals surface area contributed by atoms with Crippen molar-refractivity contribution >= 4 is 23.2 Å². The van der Waals surface area contributed by atoms with Gasteiger partial charge in [-0.05, 0) is 31.4 Å². The van der Waals surface area contributed by atoms with E-state index in [1.807, 2.05) is 36.1 Å². The molecule has 0 spiro atoms. The van der Waals surface area contributed by atoms with E-state index in [0.29, 0.717) is 24.3 Å². The highest BCUT2D eigenvalue weighted by molar-refractivity contribution is 6.33. The number of carbonyl (C=O) groups is 1. The molecular formula is C18H21ClN4O2. The van der Waals surface area contributed by atoms with E-state index in [9.17, 15) is 9.59 Å². The molecule has 1 amide bonds. The fraction of sp³-hybridized carbons (Fsp3) is 0.389. The third-order valence-electron chi connectivity index (χ3n) is 4.62. The van der Waals surface area contributed by atoms with E-state index in [2.05, 4.69) is 10.4 Å². The largest absolute Gasteiger partial charge is 0.369 e. The van der Waals surface area contributed by atoms with Crippen LogP contribution in [0.1, 0.15) is 28.8 Å². The van der Waals surface area contributed by atoms with Gasteiger partial charge in [0.25, 0.3) is 11.5 Å². The van der Waals surface area contributed by atoms with Gasteiger partial charge >= 0.3 is 0 Å². The van der Waals surface area contributed by atoms with Gasteiger partial charge in [-0.2, -0.15) is 5.10 Å². The molecule has 0 atom stereocenters. The standard InChI is InChI=1S/C18H21ClN4O2/c1-12-5-3-4-6-14(12)17(24)21-13-7-9-23(10-8-13)15-11-20-22(2)18(25)16(15)19/h3-6,11,13H,7-10H2,1-2H3,(H,21,24). The normalized spacial score (nSPS) is 15.2. The second-order valence-corrected chi connectivity index (χ2v) is 6.70. The first-order valence-electron chi connectivity index (χ1n) is 8.30. The average Bonchev–Trinajstić information content (AvgIpc) is 2.61. The number of halogens is 1. The molecule has 2 heterocycles. The predicted molar refractivity (Wildman–Crippen MR) is 98.4 cm³/mol. The molecule has 2 aromatic rings. The molecule has 0 bridgehead atoms. The van der Waals surface area contributed by atoms with Crippen molar-refractivity contribution in [2.75, 3.05) is 18.0 Å². The van der Waals surface area contributed by atoms with Gasteiger partial charge in [0.1, 0.15) is 5.02 Å². The Morgan fingerprint density at radius 1 is 1.28 bits per heavy atom. The number of aryl methyl sites for hydroxylation is 2. The van der Waals surface area contributed by atoms with Crippen molar-refractivity contribution in [3.8, 4) is 0 Å². The number of aromatic nitrogens is 2. The molecule has 1 aliphatic rings. The lowest BCUT2D eigenvalue weighted by atomic mass is 10.0. The number of nitrogens with one attached hydrogen (secondary N) is 1. The summed E-state index contributed by atoms with van der Waals surface area (Å²) >= 11 is 6.17. The Hall–Kier alpha value is -2.34. The minimum atomic E-state index is -0.297. The molecule has 25 heavy (non-hydrogen) atoms. The third-order valence-corrected chi connectivity index (χ3v) is 4.98. The fourth-order valence-corrected chi connectivity index (χ4v) is 3.37. The number of benzene rings is 1. The summed E-state index contributed by atoms with van der Waals surface area (Å²) in [6, 6.07) is 7.68. The van der Waals surface area contributed by atoms with E-state index in [4.69, 9.17) is 11.6 Å². The van der Waals surface area contributed by atoms with Gasteiger partial charge in [0.05, 0.1) is 11.9 Å². The fourth-order valence-electron chi connectivity index (χ4n) is 3.08. The van der Waals surface area contributed by atoms with E-state index >= 15 is 0 Å². The number of carbonyl (C=O) groups excluding carboxylic acids is 1. The average molecular weight is 361 g/mol. The molecule has 0 radical (unpaired) electrons. The zero-order valence-electron chi connectivity index (χ0n) is 14.3. The van der Waals surface area contributed by atoms with E-state index in [1.165, 1.54) is 4.68 Å². The van der Waals surface area contributed by atoms with E-state index in [0.717, 1.165) is 18.4 Å². The van der Waals surface area contributed by atoms with E-state index in [-0.39, 0.29) is 22.5 Å². The van der Waals surface area contributed by atoms with Crippen molar-refractivity contribution in [3.63, 3.8) is 0 Å². The highest BCUT2D eigenvalue weighted by Gasteiger charge is 2.24. The van der Waals surface area contributed by atoms with Crippen molar-refractivity contribution in [2.45, 2.75) is 25.8 Å². The number of nitrogens with zero attached hydrogens (tertiary/aromatic N) is 3. The molecule has 1 aliphatic heterocycles. The van der Waals surface area contributed by atoms with Crippen LogP contribution in [0, 0.1) is 6.92 Å². The number of amides is 1. The zero-order valence-corrected chi connectivity index (χ0v) is 15.1. The molecule has 1 saturated heterocycles.